The number of aryl methyl sites for hydroxylation is 2. The molecule has 3 aliphatic rings. The monoisotopic (exact) mass is 604 g/mol. The number of benzene rings is 3. The van der Waals surface area contributed by atoms with E-state index in [1.165, 1.54) is 61.2 Å². The van der Waals surface area contributed by atoms with Crippen molar-refractivity contribution in [1.82, 2.24) is 0 Å². The predicted octanol–water partition coefficient (Wildman–Crippen LogP) is 11.6. The minimum Gasteiger partial charge on any atom is -0.342 e. The second-order valence-electron chi connectivity index (χ2n) is 15.7. The Kier molecular flexibility index (Phi) is 8.49. The van der Waals surface area contributed by atoms with E-state index in [-0.39, 0.29) is 23.5 Å². The Morgan fingerprint density at radius 1 is 0.756 bits per heavy atom. The van der Waals surface area contributed by atoms with Crippen LogP contribution in [0.3, 0.4) is 0 Å². The molecule has 0 radical (unpaired) electrons. The molecule has 1 aliphatic heterocycles. The Morgan fingerprint density at radius 3 is 2.02 bits per heavy atom. The van der Waals surface area contributed by atoms with Crippen LogP contribution in [0.25, 0.3) is 16.7 Å². The molecule has 4 unspecified atom stereocenters. The van der Waals surface area contributed by atoms with Gasteiger partial charge in [-0.15, -0.1) is 0 Å². The van der Waals surface area contributed by atoms with Crippen molar-refractivity contribution in [3.05, 3.63) is 99.1 Å². The van der Waals surface area contributed by atoms with E-state index >= 15 is 0 Å². The van der Waals surface area contributed by atoms with E-state index in [0.29, 0.717) is 17.8 Å². The molecule has 0 saturated carbocycles. The molecule has 1 fully saturated rings. The third kappa shape index (κ3) is 5.44. The van der Waals surface area contributed by atoms with Crippen LogP contribution in [-0.4, -0.2) is 12.2 Å². The first-order valence-electron chi connectivity index (χ1n) is 17.8. The van der Waals surface area contributed by atoms with Crippen LogP contribution in [0.4, 0.5) is 0 Å². The third-order valence-corrected chi connectivity index (χ3v) is 11.5. The Labute approximate surface area is 273 Å². The second-order valence-corrected chi connectivity index (χ2v) is 15.7. The fraction of sp³-hybridized carbons (Fsp3) is 0.535. The standard InChI is InChI=1S/C43H56O2/c1-12-27(6)39-24-40(28(7)13-2)45-43(11,44-39)41-29(8)19-26(5)20-36(41)33-21-30(18-25(3)4)32-22-35-31-16-14-15-17-37(31)42(9,10)38(35)23-34(32)33/h14-17,19-23,25,27-28,33,39-40H,12-13,18,24H2,1-11H3/t27?,28?,33-,39?,40?,43?/m1/s1. The first kappa shape index (κ1) is 32.3. The molecule has 0 bridgehead atoms. The quantitative estimate of drug-likeness (QED) is 0.255. The first-order chi connectivity index (χ1) is 21.3. The molecular weight excluding hydrogens is 548 g/mol. The summed E-state index contributed by atoms with van der Waals surface area (Å²) in [4.78, 5) is 0. The molecule has 1 saturated heterocycles. The molecule has 2 aliphatic carbocycles. The zero-order chi connectivity index (χ0) is 32.4. The summed E-state index contributed by atoms with van der Waals surface area (Å²) < 4.78 is 14.3. The average Bonchev–Trinajstić information content (AvgIpc) is 3.45. The van der Waals surface area contributed by atoms with Crippen molar-refractivity contribution in [2.24, 2.45) is 17.8 Å². The largest absolute Gasteiger partial charge is 0.342 e. The first-order valence-corrected chi connectivity index (χ1v) is 17.8. The minimum atomic E-state index is -0.811. The van der Waals surface area contributed by atoms with Crippen molar-refractivity contribution in [2.45, 2.75) is 131 Å². The van der Waals surface area contributed by atoms with Gasteiger partial charge in [0, 0.05) is 23.3 Å². The summed E-state index contributed by atoms with van der Waals surface area (Å²) in [6, 6.07) is 18.9. The van der Waals surface area contributed by atoms with E-state index in [0.717, 1.165) is 25.7 Å². The SMILES string of the molecule is CCC(C)C1CC(C(C)CC)OC(C)(c2c(C)cc(C)cc2[C@@H]2C=C(CC(C)C)c3cc4c(cc32)C(C)(C)c2ccccc2-4)O1. The summed E-state index contributed by atoms with van der Waals surface area (Å²) in [5.74, 6) is 0.875. The summed E-state index contributed by atoms with van der Waals surface area (Å²) in [6.07, 6.45) is 7.18. The van der Waals surface area contributed by atoms with E-state index in [1.807, 2.05) is 0 Å². The summed E-state index contributed by atoms with van der Waals surface area (Å²) in [7, 11) is 0. The maximum Gasteiger partial charge on any atom is 0.193 e. The Balaban J connectivity index is 1.55. The van der Waals surface area contributed by atoms with Crippen molar-refractivity contribution in [1.29, 1.82) is 0 Å². The lowest BCUT2D eigenvalue weighted by atomic mass is 9.78. The Bertz CT molecular complexity index is 1600. The van der Waals surface area contributed by atoms with Crippen molar-refractivity contribution >= 4 is 5.57 Å². The molecule has 0 N–H and O–H groups in total. The lowest BCUT2D eigenvalue weighted by Crippen LogP contribution is -2.49. The van der Waals surface area contributed by atoms with Crippen LogP contribution < -0.4 is 0 Å². The van der Waals surface area contributed by atoms with Gasteiger partial charge in [0.25, 0.3) is 0 Å². The van der Waals surface area contributed by atoms with Gasteiger partial charge >= 0.3 is 0 Å². The number of hydrogen-bond acceptors (Lipinski definition) is 2. The highest BCUT2D eigenvalue weighted by Gasteiger charge is 2.46. The van der Waals surface area contributed by atoms with Gasteiger partial charge in [-0.3, -0.25) is 0 Å². The number of allylic oxidation sites excluding steroid dienone is 2. The molecule has 2 nitrogen and oxygen atoms in total. The van der Waals surface area contributed by atoms with Crippen molar-refractivity contribution in [3.8, 4) is 11.1 Å². The molecule has 0 aromatic heterocycles. The van der Waals surface area contributed by atoms with Gasteiger partial charge in [-0.2, -0.15) is 0 Å². The van der Waals surface area contributed by atoms with E-state index in [1.54, 1.807) is 0 Å². The number of ether oxygens (including phenoxy) is 2. The number of hydrogen-bond donors (Lipinski definition) is 0. The lowest BCUT2D eigenvalue weighted by Gasteiger charge is -2.47. The van der Waals surface area contributed by atoms with Crippen molar-refractivity contribution < 1.29 is 9.47 Å². The van der Waals surface area contributed by atoms with Crippen LogP contribution in [0, 0.1) is 31.6 Å². The highest BCUT2D eigenvalue weighted by Crippen LogP contribution is 2.55. The van der Waals surface area contributed by atoms with Crippen molar-refractivity contribution in [2.75, 3.05) is 0 Å². The number of fused-ring (bicyclic) bond motifs is 4. The third-order valence-electron chi connectivity index (χ3n) is 11.5. The lowest BCUT2D eigenvalue weighted by molar-refractivity contribution is -0.333. The van der Waals surface area contributed by atoms with Crippen LogP contribution >= 0.6 is 0 Å². The molecular formula is C43H56O2. The molecule has 45 heavy (non-hydrogen) atoms. The maximum absolute atomic E-state index is 7.14. The van der Waals surface area contributed by atoms with Gasteiger partial charge < -0.3 is 9.47 Å². The Hall–Kier alpha value is -2.68. The van der Waals surface area contributed by atoms with E-state index in [2.05, 4.69) is 131 Å². The zero-order valence-corrected chi connectivity index (χ0v) is 29.8. The van der Waals surface area contributed by atoms with E-state index < -0.39 is 5.79 Å². The van der Waals surface area contributed by atoms with Crippen LogP contribution in [0.2, 0.25) is 0 Å². The topological polar surface area (TPSA) is 18.5 Å². The van der Waals surface area contributed by atoms with Gasteiger partial charge in [0.15, 0.2) is 5.79 Å². The second kappa shape index (κ2) is 11.8. The minimum absolute atomic E-state index is 0.0355. The molecule has 240 valence electrons. The van der Waals surface area contributed by atoms with Gasteiger partial charge in [0.1, 0.15) is 0 Å². The van der Waals surface area contributed by atoms with Gasteiger partial charge in [-0.25, -0.2) is 0 Å². The summed E-state index contributed by atoms with van der Waals surface area (Å²) in [6.45, 7) is 25.5. The van der Waals surface area contributed by atoms with Crippen LogP contribution in [0.15, 0.2) is 54.6 Å². The summed E-state index contributed by atoms with van der Waals surface area (Å²) in [5, 5.41) is 0. The Morgan fingerprint density at radius 2 is 1.40 bits per heavy atom. The molecule has 2 heteroatoms. The van der Waals surface area contributed by atoms with Crippen LogP contribution in [0.5, 0.6) is 0 Å². The molecule has 3 aromatic carbocycles. The van der Waals surface area contributed by atoms with Crippen LogP contribution in [0.1, 0.15) is 138 Å². The highest BCUT2D eigenvalue weighted by atomic mass is 16.7. The molecule has 6 rings (SSSR count). The molecule has 3 aromatic rings. The number of rotatable bonds is 8. The van der Waals surface area contributed by atoms with Gasteiger partial charge in [0.05, 0.1) is 12.2 Å². The van der Waals surface area contributed by atoms with E-state index in [9.17, 15) is 0 Å². The summed E-state index contributed by atoms with van der Waals surface area (Å²) in [5.41, 5.74) is 15.1. The molecule has 1 heterocycles. The summed E-state index contributed by atoms with van der Waals surface area (Å²) >= 11 is 0. The fourth-order valence-electron chi connectivity index (χ4n) is 8.69. The van der Waals surface area contributed by atoms with E-state index in [4.69, 9.17) is 9.47 Å². The van der Waals surface area contributed by atoms with Crippen LogP contribution in [-0.2, 0) is 20.7 Å². The van der Waals surface area contributed by atoms with Gasteiger partial charge in [-0.1, -0.05) is 122 Å². The highest BCUT2D eigenvalue weighted by molar-refractivity contribution is 5.87. The fourth-order valence-corrected chi connectivity index (χ4v) is 8.69. The van der Waals surface area contributed by atoms with Crippen molar-refractivity contribution in [3.63, 3.8) is 0 Å². The average molecular weight is 605 g/mol. The maximum atomic E-state index is 7.14. The molecule has 0 spiro atoms. The zero-order valence-electron chi connectivity index (χ0n) is 29.8. The molecule has 0 amide bonds. The van der Waals surface area contributed by atoms with Gasteiger partial charge in [0.2, 0.25) is 0 Å². The van der Waals surface area contributed by atoms with Gasteiger partial charge in [-0.05, 0) is 101 Å². The smallest absolute Gasteiger partial charge is 0.193 e. The normalized spacial score (nSPS) is 26.3. The molecule has 5 atom stereocenters. The predicted molar refractivity (Wildman–Crippen MR) is 190 cm³/mol.